The number of benzene rings is 1. The number of likely N-dealkylation sites (tertiary alicyclic amines) is 1. The van der Waals surface area contributed by atoms with Crippen molar-refractivity contribution in [1.82, 2.24) is 20.2 Å². The molecule has 2 N–H and O–H groups in total. The Morgan fingerprint density at radius 2 is 1.79 bits per heavy atom. The van der Waals surface area contributed by atoms with E-state index >= 15 is 4.39 Å². The predicted octanol–water partition coefficient (Wildman–Crippen LogP) is 5.10. The van der Waals surface area contributed by atoms with Crippen molar-refractivity contribution in [3.63, 3.8) is 0 Å². The number of fused-ring (bicyclic) bond motifs is 1. The van der Waals surface area contributed by atoms with Crippen molar-refractivity contribution in [2.24, 2.45) is 5.41 Å². The summed E-state index contributed by atoms with van der Waals surface area (Å²) in [6.07, 6.45) is 3.99. The van der Waals surface area contributed by atoms with Crippen LogP contribution in [0.1, 0.15) is 70.7 Å². The van der Waals surface area contributed by atoms with E-state index in [9.17, 15) is 23.2 Å². The molecule has 0 bridgehead atoms. The number of anilines is 4. The summed E-state index contributed by atoms with van der Waals surface area (Å²) < 4.78 is 55.6. The van der Waals surface area contributed by atoms with E-state index < -0.39 is 41.7 Å². The Balaban J connectivity index is 1.25. The minimum atomic E-state index is -3.64. The molecule has 1 aromatic heterocycles. The first-order valence-electron chi connectivity index (χ1n) is 15.6. The lowest BCUT2D eigenvalue weighted by atomic mass is 9.60. The van der Waals surface area contributed by atoms with E-state index in [-0.39, 0.29) is 52.0 Å². The molecule has 2 fully saturated rings. The Kier molecular flexibility index (Phi) is 8.97. The standard InChI is InChI=1S/C32H42F3N7O5/c1-18(2)42-17-32(34,35)27(44)40(6)23-16-36-28(39-25(23)42)38-22-13-21(33)20(12-24(22)46-7)26(43)37-19-14-31(15-19)8-10-41(11-9-31)29(45)47-30(3,4)5/h12-13,16,18-19H,8-11,14-15,17H2,1-7H3,(H,37,43)(H,36,38,39). The molecule has 1 saturated heterocycles. The highest BCUT2D eigenvalue weighted by atomic mass is 19.3. The van der Waals surface area contributed by atoms with Gasteiger partial charge in [-0.05, 0) is 71.8 Å². The number of amides is 3. The number of rotatable bonds is 6. The van der Waals surface area contributed by atoms with Gasteiger partial charge in [-0.2, -0.15) is 13.8 Å². The fourth-order valence-electron chi connectivity index (χ4n) is 6.38. The molecule has 15 heteroatoms. The second kappa shape index (κ2) is 12.4. The average molecular weight is 662 g/mol. The third-order valence-electron chi connectivity index (χ3n) is 8.94. The van der Waals surface area contributed by atoms with Crippen molar-refractivity contribution in [3.8, 4) is 5.75 Å². The Bertz CT molecular complexity index is 1550. The molecule has 1 saturated carbocycles. The fourth-order valence-corrected chi connectivity index (χ4v) is 6.38. The third kappa shape index (κ3) is 7.03. The van der Waals surface area contributed by atoms with Gasteiger partial charge in [0.2, 0.25) is 5.95 Å². The maximum absolute atomic E-state index is 15.4. The molecule has 2 aliphatic heterocycles. The van der Waals surface area contributed by atoms with Crippen LogP contribution in [0, 0.1) is 11.2 Å². The minimum Gasteiger partial charge on any atom is -0.495 e. The van der Waals surface area contributed by atoms with Crippen molar-refractivity contribution < 1.29 is 37.0 Å². The van der Waals surface area contributed by atoms with Gasteiger partial charge in [-0.1, -0.05) is 0 Å². The maximum Gasteiger partial charge on any atom is 0.410 e. The summed E-state index contributed by atoms with van der Waals surface area (Å²) in [7, 11) is 2.59. The number of methoxy groups -OCH3 is 1. The highest BCUT2D eigenvalue weighted by Crippen LogP contribution is 2.49. The van der Waals surface area contributed by atoms with Gasteiger partial charge in [0.25, 0.3) is 11.8 Å². The summed E-state index contributed by atoms with van der Waals surface area (Å²) in [5, 5.41) is 5.78. The summed E-state index contributed by atoms with van der Waals surface area (Å²) in [4.78, 5) is 50.4. The Morgan fingerprint density at radius 1 is 1.13 bits per heavy atom. The molecule has 3 heterocycles. The van der Waals surface area contributed by atoms with Crippen LogP contribution in [0.5, 0.6) is 5.75 Å². The molecule has 5 rings (SSSR count). The lowest BCUT2D eigenvalue weighted by Gasteiger charge is -2.52. The molecule has 0 radical (unpaired) electrons. The summed E-state index contributed by atoms with van der Waals surface area (Å²) in [6.45, 7) is 9.20. The number of halogens is 3. The average Bonchev–Trinajstić information content (AvgIpc) is 3.04. The smallest absolute Gasteiger partial charge is 0.410 e. The van der Waals surface area contributed by atoms with E-state index in [2.05, 4.69) is 20.6 Å². The van der Waals surface area contributed by atoms with Gasteiger partial charge in [0.1, 0.15) is 22.9 Å². The van der Waals surface area contributed by atoms with Crippen molar-refractivity contribution in [3.05, 3.63) is 29.7 Å². The predicted molar refractivity (Wildman–Crippen MR) is 169 cm³/mol. The van der Waals surface area contributed by atoms with Crippen LogP contribution in [0.25, 0.3) is 0 Å². The molecular formula is C32H42F3N7O5. The van der Waals surface area contributed by atoms with Gasteiger partial charge in [-0.15, -0.1) is 0 Å². The Morgan fingerprint density at radius 3 is 2.38 bits per heavy atom. The largest absolute Gasteiger partial charge is 0.495 e. The van der Waals surface area contributed by atoms with Crippen molar-refractivity contribution in [2.75, 3.05) is 48.9 Å². The van der Waals surface area contributed by atoms with Crippen LogP contribution < -0.4 is 25.2 Å². The quantitative estimate of drug-likeness (QED) is 0.434. The normalized spacial score (nSPS) is 19.2. The highest BCUT2D eigenvalue weighted by Gasteiger charge is 2.49. The van der Waals surface area contributed by atoms with Crippen LogP contribution >= 0.6 is 0 Å². The molecule has 1 spiro atoms. The molecule has 0 unspecified atom stereocenters. The van der Waals surface area contributed by atoms with E-state index in [4.69, 9.17) is 9.47 Å². The van der Waals surface area contributed by atoms with E-state index in [0.29, 0.717) is 13.1 Å². The topological polar surface area (TPSA) is 129 Å². The Labute approximate surface area is 272 Å². The minimum absolute atomic E-state index is 0.0253. The van der Waals surface area contributed by atoms with Gasteiger partial charge >= 0.3 is 12.0 Å². The fraction of sp³-hybridized carbons (Fsp3) is 0.594. The molecule has 1 aliphatic carbocycles. The SMILES string of the molecule is COc1cc(C(=O)NC2CC3(CCN(C(=O)OC(C)(C)C)CC3)C2)c(F)cc1Nc1ncc2c(n1)N(C(C)C)CC(F)(F)C(=O)N2C. The van der Waals surface area contributed by atoms with Crippen molar-refractivity contribution >= 4 is 41.0 Å². The molecule has 2 aromatic rings. The van der Waals surface area contributed by atoms with E-state index in [0.717, 1.165) is 36.6 Å². The van der Waals surface area contributed by atoms with Crippen LogP contribution in [-0.2, 0) is 9.53 Å². The van der Waals surface area contributed by atoms with E-state index in [1.165, 1.54) is 31.3 Å². The number of carbonyl (C=O) groups is 3. The summed E-state index contributed by atoms with van der Waals surface area (Å²) in [6, 6.07) is 1.80. The summed E-state index contributed by atoms with van der Waals surface area (Å²) in [5.74, 6) is -6.22. The van der Waals surface area contributed by atoms with Crippen LogP contribution in [0.4, 0.5) is 41.1 Å². The number of nitrogens with zero attached hydrogens (tertiary/aromatic N) is 5. The van der Waals surface area contributed by atoms with Crippen LogP contribution in [0.3, 0.4) is 0 Å². The van der Waals surface area contributed by atoms with Gasteiger partial charge in [0.15, 0.2) is 5.82 Å². The number of aromatic nitrogens is 2. The number of ether oxygens (including phenoxy) is 2. The zero-order chi connectivity index (χ0) is 34.5. The molecule has 3 amide bonds. The van der Waals surface area contributed by atoms with Crippen molar-refractivity contribution in [1.29, 1.82) is 0 Å². The molecule has 12 nitrogen and oxygen atoms in total. The first kappa shape index (κ1) is 34.0. The third-order valence-corrected chi connectivity index (χ3v) is 8.94. The lowest BCUT2D eigenvalue weighted by molar-refractivity contribution is -0.140. The summed E-state index contributed by atoms with van der Waals surface area (Å²) >= 11 is 0. The van der Waals surface area contributed by atoms with Gasteiger partial charge in [-0.3, -0.25) is 9.59 Å². The van der Waals surface area contributed by atoms with Crippen LogP contribution in [0.2, 0.25) is 0 Å². The van der Waals surface area contributed by atoms with Gasteiger partial charge in [-0.25, -0.2) is 14.2 Å². The van der Waals surface area contributed by atoms with Gasteiger partial charge in [0, 0.05) is 38.3 Å². The molecule has 3 aliphatic rings. The van der Waals surface area contributed by atoms with Gasteiger partial charge < -0.3 is 34.8 Å². The molecule has 1 aromatic carbocycles. The van der Waals surface area contributed by atoms with Gasteiger partial charge in [0.05, 0.1) is 31.1 Å². The lowest BCUT2D eigenvalue weighted by Crippen LogP contribution is -2.55. The molecule has 47 heavy (non-hydrogen) atoms. The number of nitrogens with one attached hydrogen (secondary N) is 2. The molecule has 0 atom stereocenters. The van der Waals surface area contributed by atoms with Crippen LogP contribution in [-0.4, -0.2) is 90.2 Å². The molecule has 256 valence electrons. The number of hydrogen-bond acceptors (Lipinski definition) is 9. The number of hydrogen-bond donors (Lipinski definition) is 2. The number of alkyl halides is 2. The van der Waals surface area contributed by atoms with Crippen molar-refractivity contribution in [2.45, 2.75) is 83.9 Å². The summed E-state index contributed by atoms with van der Waals surface area (Å²) in [5.41, 5.74) is -0.526. The molecular weight excluding hydrogens is 619 g/mol. The number of carbonyl (C=O) groups excluding carboxylic acids is 3. The maximum atomic E-state index is 15.4. The second-order valence-corrected chi connectivity index (χ2v) is 13.9. The monoisotopic (exact) mass is 661 g/mol. The number of piperidine rings is 1. The first-order chi connectivity index (χ1) is 21.9. The van der Waals surface area contributed by atoms with E-state index in [1.807, 2.05) is 20.8 Å². The first-order valence-corrected chi connectivity index (χ1v) is 15.6. The highest BCUT2D eigenvalue weighted by molar-refractivity contribution is 6.02. The van der Waals surface area contributed by atoms with Crippen LogP contribution in [0.15, 0.2) is 18.3 Å². The zero-order valence-electron chi connectivity index (χ0n) is 27.7. The Hall–Kier alpha value is -4.30. The van der Waals surface area contributed by atoms with E-state index in [1.54, 1.807) is 18.7 Å². The zero-order valence-corrected chi connectivity index (χ0v) is 27.7. The second-order valence-electron chi connectivity index (χ2n) is 13.9.